The lowest BCUT2D eigenvalue weighted by molar-refractivity contribution is -0.118. The molecule has 3 N–H and O–H groups in total. The van der Waals surface area contributed by atoms with Crippen molar-refractivity contribution in [3.05, 3.63) is 29.8 Å². The first kappa shape index (κ1) is 10.7. The number of rotatable bonds is 3. The van der Waals surface area contributed by atoms with E-state index in [9.17, 15) is 4.79 Å². The molecule has 1 heterocycles. The lowest BCUT2D eigenvalue weighted by atomic mass is 10.1. The summed E-state index contributed by atoms with van der Waals surface area (Å²) in [5.41, 5.74) is 7.15. The number of fused-ring (bicyclic) bond motifs is 1. The third kappa shape index (κ3) is 2.41. The zero-order valence-corrected chi connectivity index (χ0v) is 8.90. The van der Waals surface area contributed by atoms with Crippen molar-refractivity contribution < 1.29 is 9.53 Å². The van der Waals surface area contributed by atoms with Gasteiger partial charge in [-0.1, -0.05) is 18.2 Å². The molecule has 1 aliphatic rings. The summed E-state index contributed by atoms with van der Waals surface area (Å²) < 4.78 is 5.26. The Labute approximate surface area is 94.1 Å². The third-order valence-corrected chi connectivity index (χ3v) is 2.28. The normalized spacial score (nSPS) is 14.4. The largest absolute Gasteiger partial charge is 0.482 e. The number of amides is 1. The maximum atomic E-state index is 11.1. The van der Waals surface area contributed by atoms with E-state index in [-0.39, 0.29) is 12.5 Å². The van der Waals surface area contributed by atoms with E-state index in [2.05, 4.69) is 5.32 Å². The molecule has 0 radical (unpaired) electrons. The molecule has 0 atom stereocenters. The van der Waals surface area contributed by atoms with Gasteiger partial charge in [-0.2, -0.15) is 0 Å². The average Bonchev–Trinajstić information content (AvgIpc) is 2.29. The minimum Gasteiger partial charge on any atom is -0.482 e. The Morgan fingerprint density at radius 1 is 1.50 bits per heavy atom. The molecular formula is C12H14N2O2. The van der Waals surface area contributed by atoms with Crippen molar-refractivity contribution in [3.63, 3.8) is 0 Å². The number of hydrogen-bond acceptors (Lipinski definition) is 3. The van der Waals surface area contributed by atoms with Crippen LogP contribution in [0, 0.1) is 0 Å². The topological polar surface area (TPSA) is 64.3 Å². The molecule has 4 nitrogen and oxygen atoms in total. The fourth-order valence-corrected chi connectivity index (χ4v) is 1.52. The summed E-state index contributed by atoms with van der Waals surface area (Å²) in [7, 11) is 0. The van der Waals surface area contributed by atoms with E-state index in [1.165, 1.54) is 0 Å². The van der Waals surface area contributed by atoms with Crippen molar-refractivity contribution in [1.82, 2.24) is 0 Å². The van der Waals surface area contributed by atoms with Crippen LogP contribution in [0.1, 0.15) is 12.0 Å². The quantitative estimate of drug-likeness (QED) is 0.805. The van der Waals surface area contributed by atoms with E-state index in [1.54, 1.807) is 0 Å². The van der Waals surface area contributed by atoms with Gasteiger partial charge in [0.2, 0.25) is 0 Å². The van der Waals surface area contributed by atoms with E-state index in [4.69, 9.17) is 10.5 Å². The Hall–Kier alpha value is -1.81. The second-order valence-corrected chi connectivity index (χ2v) is 3.57. The maximum absolute atomic E-state index is 11.1. The van der Waals surface area contributed by atoms with Crippen molar-refractivity contribution in [2.45, 2.75) is 6.42 Å². The number of hydrogen-bond donors (Lipinski definition) is 2. The Morgan fingerprint density at radius 3 is 3.19 bits per heavy atom. The number of ether oxygens (including phenoxy) is 1. The molecule has 0 spiro atoms. The van der Waals surface area contributed by atoms with Crippen LogP contribution in [0.4, 0.5) is 5.69 Å². The van der Waals surface area contributed by atoms with Gasteiger partial charge in [-0.25, -0.2) is 0 Å². The van der Waals surface area contributed by atoms with Crippen molar-refractivity contribution in [1.29, 1.82) is 0 Å². The number of nitrogens with two attached hydrogens (primary N) is 1. The van der Waals surface area contributed by atoms with E-state index in [0.29, 0.717) is 6.54 Å². The van der Waals surface area contributed by atoms with Gasteiger partial charge < -0.3 is 15.8 Å². The van der Waals surface area contributed by atoms with Gasteiger partial charge in [0, 0.05) is 0 Å². The minimum atomic E-state index is -0.115. The average molecular weight is 218 g/mol. The molecule has 1 aromatic rings. The zero-order chi connectivity index (χ0) is 11.4. The molecule has 2 rings (SSSR count). The molecule has 4 heteroatoms. The first-order chi connectivity index (χ1) is 7.79. The SMILES string of the molecule is NCCC=Cc1ccc2c(c1)NC(=O)CO2. The fraction of sp³-hybridized carbons (Fsp3) is 0.250. The lowest BCUT2D eigenvalue weighted by Crippen LogP contribution is -2.25. The van der Waals surface area contributed by atoms with Gasteiger partial charge in [-0.3, -0.25) is 4.79 Å². The summed E-state index contributed by atoms with van der Waals surface area (Å²) in [5, 5.41) is 2.77. The second kappa shape index (κ2) is 4.81. The second-order valence-electron chi connectivity index (χ2n) is 3.57. The minimum absolute atomic E-state index is 0.0926. The highest BCUT2D eigenvalue weighted by atomic mass is 16.5. The van der Waals surface area contributed by atoms with Gasteiger partial charge in [-0.15, -0.1) is 0 Å². The predicted octanol–water partition coefficient (Wildman–Crippen LogP) is 1.38. The monoisotopic (exact) mass is 218 g/mol. The Balaban J connectivity index is 2.18. The molecule has 84 valence electrons. The summed E-state index contributed by atoms with van der Waals surface area (Å²) in [6, 6.07) is 5.69. The van der Waals surface area contributed by atoms with Crippen LogP contribution < -0.4 is 15.8 Å². The number of carbonyl (C=O) groups is 1. The van der Waals surface area contributed by atoms with Gasteiger partial charge in [-0.05, 0) is 30.7 Å². The van der Waals surface area contributed by atoms with Crippen LogP contribution in [0.3, 0.4) is 0 Å². The summed E-state index contributed by atoms with van der Waals surface area (Å²) in [6.45, 7) is 0.733. The van der Waals surface area contributed by atoms with Crippen molar-refractivity contribution in [3.8, 4) is 5.75 Å². The summed E-state index contributed by atoms with van der Waals surface area (Å²) >= 11 is 0. The van der Waals surface area contributed by atoms with Crippen LogP contribution in [0.15, 0.2) is 24.3 Å². The molecule has 0 aromatic heterocycles. The molecule has 16 heavy (non-hydrogen) atoms. The van der Waals surface area contributed by atoms with Crippen LogP contribution in [-0.2, 0) is 4.79 Å². The zero-order valence-electron chi connectivity index (χ0n) is 8.90. The van der Waals surface area contributed by atoms with E-state index < -0.39 is 0 Å². The number of benzene rings is 1. The molecule has 0 bridgehead atoms. The van der Waals surface area contributed by atoms with Crippen LogP contribution in [-0.4, -0.2) is 19.1 Å². The van der Waals surface area contributed by atoms with E-state index in [0.717, 1.165) is 23.4 Å². The summed E-state index contributed by atoms with van der Waals surface area (Å²) in [4.78, 5) is 11.1. The summed E-state index contributed by atoms with van der Waals surface area (Å²) in [6.07, 6.45) is 4.83. The lowest BCUT2D eigenvalue weighted by Gasteiger charge is -2.17. The van der Waals surface area contributed by atoms with Crippen LogP contribution >= 0.6 is 0 Å². The molecule has 0 aliphatic carbocycles. The Morgan fingerprint density at radius 2 is 2.38 bits per heavy atom. The maximum Gasteiger partial charge on any atom is 0.262 e. The highest BCUT2D eigenvalue weighted by Gasteiger charge is 2.15. The highest BCUT2D eigenvalue weighted by molar-refractivity contribution is 5.95. The first-order valence-electron chi connectivity index (χ1n) is 5.23. The molecular weight excluding hydrogens is 204 g/mol. The standard InChI is InChI=1S/C12H14N2O2/c13-6-2-1-3-9-4-5-11-10(7-9)14-12(15)8-16-11/h1,3-5,7H,2,6,8,13H2,(H,14,15). The van der Waals surface area contributed by atoms with Crippen molar-refractivity contribution in [2.24, 2.45) is 5.73 Å². The molecule has 0 saturated carbocycles. The van der Waals surface area contributed by atoms with Crippen LogP contribution in [0.25, 0.3) is 6.08 Å². The molecule has 1 aromatic carbocycles. The molecule has 0 fully saturated rings. The van der Waals surface area contributed by atoms with Gasteiger partial charge in [0.25, 0.3) is 5.91 Å². The van der Waals surface area contributed by atoms with Gasteiger partial charge in [0.05, 0.1) is 5.69 Å². The van der Waals surface area contributed by atoms with Gasteiger partial charge >= 0.3 is 0 Å². The number of carbonyl (C=O) groups excluding carboxylic acids is 1. The van der Waals surface area contributed by atoms with Crippen molar-refractivity contribution >= 4 is 17.7 Å². The molecule has 0 unspecified atom stereocenters. The van der Waals surface area contributed by atoms with Crippen LogP contribution in [0.5, 0.6) is 5.75 Å². The smallest absolute Gasteiger partial charge is 0.262 e. The Bertz CT molecular complexity index is 427. The van der Waals surface area contributed by atoms with E-state index >= 15 is 0 Å². The number of nitrogens with one attached hydrogen (secondary N) is 1. The van der Waals surface area contributed by atoms with Gasteiger partial charge in [0.1, 0.15) is 5.75 Å². The van der Waals surface area contributed by atoms with Crippen LogP contribution in [0.2, 0.25) is 0 Å². The van der Waals surface area contributed by atoms with E-state index in [1.807, 2.05) is 30.4 Å². The third-order valence-electron chi connectivity index (χ3n) is 2.28. The summed E-state index contributed by atoms with van der Waals surface area (Å²) in [5.74, 6) is 0.603. The van der Waals surface area contributed by atoms with Gasteiger partial charge in [0.15, 0.2) is 6.61 Å². The molecule has 0 saturated heterocycles. The fourth-order valence-electron chi connectivity index (χ4n) is 1.52. The molecule has 1 amide bonds. The van der Waals surface area contributed by atoms with Crippen molar-refractivity contribution in [2.75, 3.05) is 18.5 Å². The highest BCUT2D eigenvalue weighted by Crippen LogP contribution is 2.28. The molecule has 1 aliphatic heterocycles. The Kier molecular flexibility index (Phi) is 3.22. The number of anilines is 1. The first-order valence-corrected chi connectivity index (χ1v) is 5.23. The predicted molar refractivity (Wildman–Crippen MR) is 63.3 cm³/mol.